The molecule has 1 aliphatic carbocycles. The van der Waals surface area contributed by atoms with Gasteiger partial charge in [-0.25, -0.2) is 4.98 Å². The highest BCUT2D eigenvalue weighted by atomic mass is 16.5. The summed E-state index contributed by atoms with van der Waals surface area (Å²) in [5.74, 6) is 0.636. The summed E-state index contributed by atoms with van der Waals surface area (Å²) in [5, 5.41) is 3.58. The van der Waals surface area contributed by atoms with E-state index >= 15 is 0 Å². The Bertz CT molecular complexity index is 436. The zero-order chi connectivity index (χ0) is 15.0. The molecule has 0 aromatic carbocycles. The first kappa shape index (κ1) is 15.2. The van der Waals surface area contributed by atoms with Gasteiger partial charge in [-0.1, -0.05) is 20.8 Å². The molecule has 0 atom stereocenters. The van der Waals surface area contributed by atoms with E-state index in [-0.39, 0.29) is 17.1 Å². The summed E-state index contributed by atoms with van der Waals surface area (Å²) in [4.78, 5) is 8.80. The fourth-order valence-corrected chi connectivity index (χ4v) is 2.33. The number of nitrogens with zero attached hydrogens (tertiary/aromatic N) is 2. The van der Waals surface area contributed by atoms with Crippen molar-refractivity contribution in [3.63, 3.8) is 0 Å². The molecule has 0 amide bonds. The third-order valence-electron chi connectivity index (χ3n) is 3.42. The van der Waals surface area contributed by atoms with Crippen LogP contribution in [-0.2, 0) is 5.41 Å². The fraction of sp³-hybridized carbons (Fsp3) is 0.750. The van der Waals surface area contributed by atoms with Crippen LogP contribution in [0.1, 0.15) is 60.1 Å². The van der Waals surface area contributed by atoms with Gasteiger partial charge in [-0.05, 0) is 33.6 Å². The maximum atomic E-state index is 5.85. The van der Waals surface area contributed by atoms with Crippen LogP contribution in [0.3, 0.4) is 0 Å². The highest BCUT2D eigenvalue weighted by Crippen LogP contribution is 2.27. The molecule has 0 aliphatic heterocycles. The average molecular weight is 277 g/mol. The Kier molecular flexibility index (Phi) is 4.05. The summed E-state index contributed by atoms with van der Waals surface area (Å²) in [5.41, 5.74) is 1.19. The summed E-state index contributed by atoms with van der Waals surface area (Å²) >= 11 is 0. The van der Waals surface area contributed by atoms with Crippen molar-refractivity contribution in [2.24, 2.45) is 0 Å². The standard InChI is InChI=1S/C16H27N3O/c1-15(2,3)13-9-18-14(10-17-13)20-12-7-11(8-12)19-16(4,5)6/h9-12,19H,7-8H2,1-6H3/t11-,12+. The third kappa shape index (κ3) is 4.17. The van der Waals surface area contributed by atoms with E-state index in [1.54, 1.807) is 6.20 Å². The predicted octanol–water partition coefficient (Wildman–Crippen LogP) is 3.07. The summed E-state index contributed by atoms with van der Waals surface area (Å²) in [6.07, 6.45) is 5.91. The van der Waals surface area contributed by atoms with Crippen LogP contribution >= 0.6 is 0 Å². The van der Waals surface area contributed by atoms with Crippen LogP contribution in [0.2, 0.25) is 0 Å². The van der Waals surface area contributed by atoms with Crippen LogP contribution in [0.25, 0.3) is 0 Å². The first-order valence-corrected chi connectivity index (χ1v) is 7.40. The van der Waals surface area contributed by atoms with Crippen molar-refractivity contribution in [3.8, 4) is 5.88 Å². The first-order valence-electron chi connectivity index (χ1n) is 7.40. The normalized spacial score (nSPS) is 23.3. The Morgan fingerprint density at radius 1 is 1.05 bits per heavy atom. The topological polar surface area (TPSA) is 47.0 Å². The Hall–Kier alpha value is -1.16. The minimum atomic E-state index is 0.0315. The molecule has 1 heterocycles. The molecule has 20 heavy (non-hydrogen) atoms. The molecular weight excluding hydrogens is 250 g/mol. The van der Waals surface area contributed by atoms with E-state index in [0.29, 0.717) is 11.9 Å². The van der Waals surface area contributed by atoms with Gasteiger partial charge in [0.25, 0.3) is 0 Å². The van der Waals surface area contributed by atoms with Gasteiger partial charge in [0, 0.05) is 17.0 Å². The Labute approximate surface area is 122 Å². The molecule has 0 unspecified atom stereocenters. The Balaban J connectivity index is 1.82. The quantitative estimate of drug-likeness (QED) is 0.922. The zero-order valence-corrected chi connectivity index (χ0v) is 13.5. The van der Waals surface area contributed by atoms with E-state index < -0.39 is 0 Å². The summed E-state index contributed by atoms with van der Waals surface area (Å²) < 4.78 is 5.85. The highest BCUT2D eigenvalue weighted by molar-refractivity contribution is 5.14. The van der Waals surface area contributed by atoms with Crippen molar-refractivity contribution in [2.45, 2.75) is 77.5 Å². The molecule has 1 aromatic heterocycles. The van der Waals surface area contributed by atoms with Gasteiger partial charge in [0.1, 0.15) is 6.10 Å². The van der Waals surface area contributed by atoms with Crippen molar-refractivity contribution < 1.29 is 4.74 Å². The van der Waals surface area contributed by atoms with E-state index in [1.807, 2.05) is 6.20 Å². The molecule has 0 bridgehead atoms. The first-order chi connectivity index (χ1) is 9.13. The second-order valence-electron chi connectivity index (χ2n) is 7.79. The molecule has 1 aromatic rings. The van der Waals surface area contributed by atoms with Gasteiger partial charge < -0.3 is 10.1 Å². The molecule has 0 spiro atoms. The molecule has 4 heteroatoms. The molecule has 2 rings (SSSR count). The number of rotatable bonds is 3. The van der Waals surface area contributed by atoms with Crippen molar-refractivity contribution in [3.05, 3.63) is 18.1 Å². The van der Waals surface area contributed by atoms with Gasteiger partial charge in [-0.2, -0.15) is 0 Å². The SMILES string of the molecule is CC(C)(C)N[C@H]1C[C@@H](Oc2cnc(C(C)(C)C)cn2)C1. The monoisotopic (exact) mass is 277 g/mol. The number of nitrogens with one attached hydrogen (secondary N) is 1. The lowest BCUT2D eigenvalue weighted by Gasteiger charge is -2.39. The minimum Gasteiger partial charge on any atom is -0.473 e. The third-order valence-corrected chi connectivity index (χ3v) is 3.42. The second kappa shape index (κ2) is 5.32. The maximum Gasteiger partial charge on any atom is 0.232 e. The van der Waals surface area contributed by atoms with Crippen molar-refractivity contribution in [1.29, 1.82) is 0 Å². The van der Waals surface area contributed by atoms with Gasteiger partial charge in [0.05, 0.1) is 18.1 Å². The van der Waals surface area contributed by atoms with Crippen LogP contribution in [-0.4, -0.2) is 27.7 Å². The van der Waals surface area contributed by atoms with Crippen LogP contribution in [0.15, 0.2) is 12.4 Å². The van der Waals surface area contributed by atoms with Gasteiger partial charge in [-0.3, -0.25) is 4.98 Å². The molecule has 1 saturated carbocycles. The average Bonchev–Trinajstić information content (AvgIpc) is 2.24. The van der Waals surface area contributed by atoms with Crippen LogP contribution < -0.4 is 10.1 Å². The molecule has 1 fully saturated rings. The highest BCUT2D eigenvalue weighted by Gasteiger charge is 2.33. The van der Waals surface area contributed by atoms with Gasteiger partial charge in [0.2, 0.25) is 5.88 Å². The van der Waals surface area contributed by atoms with Crippen LogP contribution in [0.4, 0.5) is 0 Å². The predicted molar refractivity (Wildman–Crippen MR) is 81.1 cm³/mol. The Morgan fingerprint density at radius 3 is 2.15 bits per heavy atom. The van der Waals surface area contributed by atoms with Crippen molar-refractivity contribution in [2.75, 3.05) is 0 Å². The van der Waals surface area contributed by atoms with Crippen LogP contribution in [0, 0.1) is 0 Å². The molecule has 1 aliphatic rings. The fourth-order valence-electron chi connectivity index (χ4n) is 2.33. The number of ether oxygens (including phenoxy) is 1. The molecular formula is C16H27N3O. The van der Waals surface area contributed by atoms with E-state index in [1.165, 1.54) is 0 Å². The van der Waals surface area contributed by atoms with Crippen molar-refractivity contribution in [1.82, 2.24) is 15.3 Å². The lowest BCUT2D eigenvalue weighted by atomic mass is 9.87. The molecule has 0 saturated heterocycles. The lowest BCUT2D eigenvalue weighted by molar-refractivity contribution is 0.0690. The van der Waals surface area contributed by atoms with Crippen LogP contribution in [0.5, 0.6) is 5.88 Å². The number of aromatic nitrogens is 2. The zero-order valence-electron chi connectivity index (χ0n) is 13.5. The maximum absolute atomic E-state index is 5.85. The van der Waals surface area contributed by atoms with E-state index in [4.69, 9.17) is 4.74 Å². The number of hydrogen-bond acceptors (Lipinski definition) is 4. The molecule has 0 radical (unpaired) electrons. The molecule has 112 valence electrons. The van der Waals surface area contributed by atoms with E-state index in [2.05, 4.69) is 56.8 Å². The summed E-state index contributed by atoms with van der Waals surface area (Å²) in [7, 11) is 0. The van der Waals surface area contributed by atoms with Gasteiger partial charge >= 0.3 is 0 Å². The Morgan fingerprint density at radius 2 is 1.70 bits per heavy atom. The summed E-state index contributed by atoms with van der Waals surface area (Å²) in [6.45, 7) is 13.0. The van der Waals surface area contributed by atoms with E-state index in [9.17, 15) is 0 Å². The second-order valence-corrected chi connectivity index (χ2v) is 7.79. The molecule has 4 nitrogen and oxygen atoms in total. The van der Waals surface area contributed by atoms with Gasteiger partial charge in [-0.15, -0.1) is 0 Å². The smallest absolute Gasteiger partial charge is 0.232 e. The lowest BCUT2D eigenvalue weighted by Crippen LogP contribution is -2.53. The molecule has 1 N–H and O–H groups in total. The van der Waals surface area contributed by atoms with E-state index in [0.717, 1.165) is 18.5 Å². The summed E-state index contributed by atoms with van der Waals surface area (Å²) in [6, 6.07) is 0.557. The minimum absolute atomic E-state index is 0.0315. The van der Waals surface area contributed by atoms with Gasteiger partial charge in [0.15, 0.2) is 0 Å². The largest absolute Gasteiger partial charge is 0.473 e. The number of hydrogen-bond donors (Lipinski definition) is 1. The van der Waals surface area contributed by atoms with Crippen molar-refractivity contribution >= 4 is 0 Å².